The second-order valence-corrected chi connectivity index (χ2v) is 10.7. The molecular weight excluding hydrogens is 506 g/mol. The highest BCUT2D eigenvalue weighted by Gasteiger charge is 2.36. The van der Waals surface area contributed by atoms with E-state index in [9.17, 15) is 9.59 Å². The summed E-state index contributed by atoms with van der Waals surface area (Å²) in [6, 6.07) is 12.7. The highest BCUT2D eigenvalue weighted by atomic mass is 35.5. The maximum atomic E-state index is 13.2. The lowest BCUT2D eigenvalue weighted by Crippen LogP contribution is -2.31. The van der Waals surface area contributed by atoms with Gasteiger partial charge in [0, 0.05) is 28.5 Å². The largest absolute Gasteiger partial charge is 0.493 e. The molecule has 1 saturated carbocycles. The number of aromatic nitrogens is 2. The first kappa shape index (κ1) is 26.1. The maximum Gasteiger partial charge on any atom is 0.309 e. The monoisotopic (exact) mass is 537 g/mol. The molecule has 2 atom stereocenters. The van der Waals surface area contributed by atoms with E-state index in [0.29, 0.717) is 40.4 Å². The predicted molar refractivity (Wildman–Crippen MR) is 144 cm³/mol. The first-order valence-electron chi connectivity index (χ1n) is 12.9. The Kier molecular flexibility index (Phi) is 7.34. The number of rotatable bonds is 10. The number of hydrogen-bond donors (Lipinski definition) is 0. The summed E-state index contributed by atoms with van der Waals surface area (Å²) < 4.78 is 19.2. The van der Waals surface area contributed by atoms with Crippen LogP contribution in [-0.4, -0.2) is 41.5 Å². The fourth-order valence-electron chi connectivity index (χ4n) is 4.39. The van der Waals surface area contributed by atoms with E-state index in [1.807, 2.05) is 45.2 Å². The van der Waals surface area contributed by atoms with E-state index < -0.39 is 0 Å². The van der Waals surface area contributed by atoms with E-state index in [-0.39, 0.29) is 36.4 Å². The lowest BCUT2D eigenvalue weighted by atomic mass is 9.98. The van der Waals surface area contributed by atoms with Crippen molar-refractivity contribution in [3.05, 3.63) is 64.9 Å². The Morgan fingerprint density at radius 3 is 2.42 bits per heavy atom. The third-order valence-electron chi connectivity index (χ3n) is 7.31. The Morgan fingerprint density at radius 1 is 1.08 bits per heavy atom. The van der Waals surface area contributed by atoms with Gasteiger partial charge in [0.25, 0.3) is 5.91 Å². The average Bonchev–Trinajstić information content (AvgIpc) is 3.60. The van der Waals surface area contributed by atoms with Crippen LogP contribution in [-0.2, 0) is 16.1 Å². The highest BCUT2D eigenvalue weighted by Crippen LogP contribution is 2.38. The molecule has 0 spiro atoms. The summed E-state index contributed by atoms with van der Waals surface area (Å²) in [6.07, 6.45) is 3.63. The Labute approximate surface area is 227 Å². The number of halogens is 1. The molecule has 0 saturated heterocycles. The molecule has 8 nitrogen and oxygen atoms in total. The van der Waals surface area contributed by atoms with E-state index in [1.54, 1.807) is 41.0 Å². The molecule has 1 fully saturated rings. The smallest absolute Gasteiger partial charge is 0.309 e. The normalized spacial score (nSPS) is 16.4. The standard InChI is InChI=1S/C29H32ClN3O5/c1-17(2)18(3)29(35)38-26(19-5-6-19)16-37-24-12-11-23(13-25(24)36-4)32-14-20-15-33(31-27(20)28(32)34)22-9-7-21(30)8-10-22/h7-13,15,17-19,26H,5-6,14,16H2,1-4H3/t18-,26-/m0/s1. The van der Waals surface area contributed by atoms with Crippen molar-refractivity contribution < 1.29 is 23.8 Å². The summed E-state index contributed by atoms with van der Waals surface area (Å²) in [5.41, 5.74) is 2.78. The summed E-state index contributed by atoms with van der Waals surface area (Å²) in [6.45, 7) is 6.57. The molecule has 2 aromatic carbocycles. The van der Waals surface area contributed by atoms with Gasteiger partial charge in [-0.15, -0.1) is 0 Å². The van der Waals surface area contributed by atoms with Gasteiger partial charge in [0.1, 0.15) is 12.7 Å². The molecule has 2 heterocycles. The molecule has 1 amide bonds. The molecule has 38 heavy (non-hydrogen) atoms. The highest BCUT2D eigenvalue weighted by molar-refractivity contribution is 6.30. The van der Waals surface area contributed by atoms with Crippen molar-refractivity contribution >= 4 is 29.2 Å². The second-order valence-electron chi connectivity index (χ2n) is 10.3. The third-order valence-corrected chi connectivity index (χ3v) is 7.56. The third kappa shape index (κ3) is 5.36. The lowest BCUT2D eigenvalue weighted by Gasteiger charge is -2.23. The SMILES string of the molecule is COc1cc(N2Cc3cn(-c4ccc(Cl)cc4)nc3C2=O)ccc1OC[C@H](OC(=O)[C@@H](C)C(C)C)C1CC1. The number of methoxy groups -OCH3 is 1. The molecule has 0 bridgehead atoms. The minimum atomic E-state index is -0.291. The quantitative estimate of drug-likeness (QED) is 0.309. The van der Waals surface area contributed by atoms with E-state index in [1.165, 1.54) is 0 Å². The van der Waals surface area contributed by atoms with Crippen molar-refractivity contribution in [3.8, 4) is 17.2 Å². The number of carbonyl (C=O) groups excluding carboxylic acids is 2. The van der Waals surface area contributed by atoms with Gasteiger partial charge in [0.2, 0.25) is 0 Å². The Morgan fingerprint density at radius 2 is 1.79 bits per heavy atom. The Balaban J connectivity index is 1.26. The molecule has 0 N–H and O–H groups in total. The molecule has 5 rings (SSSR count). The fraction of sp³-hybridized carbons (Fsp3) is 0.414. The molecule has 0 radical (unpaired) electrons. The van der Waals surface area contributed by atoms with Crippen molar-refractivity contribution in [1.29, 1.82) is 0 Å². The molecule has 1 aliphatic carbocycles. The van der Waals surface area contributed by atoms with Crippen molar-refractivity contribution in [2.45, 2.75) is 46.3 Å². The Hall–Kier alpha value is -3.52. The van der Waals surface area contributed by atoms with Gasteiger partial charge in [-0.05, 0) is 61.1 Å². The van der Waals surface area contributed by atoms with Crippen LogP contribution in [0.1, 0.15) is 49.7 Å². The molecule has 9 heteroatoms. The van der Waals surface area contributed by atoms with Crippen LogP contribution in [0, 0.1) is 17.8 Å². The van der Waals surface area contributed by atoms with Gasteiger partial charge in [-0.1, -0.05) is 32.4 Å². The van der Waals surface area contributed by atoms with Crippen LogP contribution in [0.4, 0.5) is 5.69 Å². The van der Waals surface area contributed by atoms with Gasteiger partial charge < -0.3 is 19.1 Å². The maximum absolute atomic E-state index is 13.2. The number of ether oxygens (including phenoxy) is 3. The van der Waals surface area contributed by atoms with Crippen LogP contribution >= 0.6 is 11.6 Å². The predicted octanol–water partition coefficient (Wildman–Crippen LogP) is 5.69. The van der Waals surface area contributed by atoms with Gasteiger partial charge >= 0.3 is 5.97 Å². The second kappa shape index (κ2) is 10.7. The van der Waals surface area contributed by atoms with Crippen LogP contribution in [0.5, 0.6) is 11.5 Å². The van der Waals surface area contributed by atoms with Crippen molar-refractivity contribution in [2.24, 2.45) is 17.8 Å². The number of nitrogens with zero attached hydrogens (tertiary/aromatic N) is 3. The van der Waals surface area contributed by atoms with Gasteiger partial charge in [-0.25, -0.2) is 4.68 Å². The van der Waals surface area contributed by atoms with Crippen LogP contribution in [0.2, 0.25) is 5.02 Å². The minimum Gasteiger partial charge on any atom is -0.493 e. The number of hydrogen-bond acceptors (Lipinski definition) is 6. The zero-order chi connectivity index (χ0) is 27.0. The summed E-state index contributed by atoms with van der Waals surface area (Å²) >= 11 is 5.98. The number of fused-ring (bicyclic) bond motifs is 1. The van der Waals surface area contributed by atoms with E-state index in [0.717, 1.165) is 24.1 Å². The summed E-state index contributed by atoms with van der Waals surface area (Å²) in [7, 11) is 1.56. The first-order valence-corrected chi connectivity index (χ1v) is 13.3. The number of anilines is 1. The first-order chi connectivity index (χ1) is 18.2. The molecule has 1 aromatic heterocycles. The zero-order valence-corrected chi connectivity index (χ0v) is 22.8. The number of amides is 1. The summed E-state index contributed by atoms with van der Waals surface area (Å²) in [4.78, 5) is 27.4. The van der Waals surface area contributed by atoms with Crippen LogP contribution in [0.25, 0.3) is 5.69 Å². The van der Waals surface area contributed by atoms with E-state index >= 15 is 0 Å². The van der Waals surface area contributed by atoms with Crippen LogP contribution in [0.3, 0.4) is 0 Å². The van der Waals surface area contributed by atoms with E-state index in [2.05, 4.69) is 5.10 Å². The topological polar surface area (TPSA) is 82.9 Å². The van der Waals surface area contributed by atoms with Gasteiger partial charge in [-0.3, -0.25) is 9.59 Å². The molecule has 200 valence electrons. The number of esters is 1. The Bertz CT molecular complexity index is 1330. The molecule has 3 aromatic rings. The van der Waals surface area contributed by atoms with Gasteiger partial charge in [-0.2, -0.15) is 5.10 Å². The van der Waals surface area contributed by atoms with Gasteiger partial charge in [0.05, 0.1) is 25.3 Å². The van der Waals surface area contributed by atoms with E-state index in [4.69, 9.17) is 25.8 Å². The minimum absolute atomic E-state index is 0.166. The summed E-state index contributed by atoms with van der Waals surface area (Å²) in [5.74, 6) is 1.05. The fourth-order valence-corrected chi connectivity index (χ4v) is 4.51. The number of carbonyl (C=O) groups is 2. The number of benzene rings is 2. The molecule has 0 unspecified atom stereocenters. The molecule has 1 aliphatic heterocycles. The molecular formula is C29H32ClN3O5. The van der Waals surface area contributed by atoms with Crippen LogP contribution < -0.4 is 14.4 Å². The zero-order valence-electron chi connectivity index (χ0n) is 22.0. The average molecular weight is 538 g/mol. The lowest BCUT2D eigenvalue weighted by molar-refractivity contribution is -0.157. The summed E-state index contributed by atoms with van der Waals surface area (Å²) in [5, 5.41) is 5.15. The van der Waals surface area contributed by atoms with Crippen molar-refractivity contribution in [2.75, 3.05) is 18.6 Å². The van der Waals surface area contributed by atoms with Crippen molar-refractivity contribution in [3.63, 3.8) is 0 Å². The van der Waals surface area contributed by atoms with Gasteiger partial charge in [0.15, 0.2) is 17.2 Å². The van der Waals surface area contributed by atoms with Crippen molar-refractivity contribution in [1.82, 2.24) is 9.78 Å². The molecule has 2 aliphatic rings. The van der Waals surface area contributed by atoms with Crippen LogP contribution in [0.15, 0.2) is 48.7 Å².